The van der Waals surface area contributed by atoms with Crippen molar-refractivity contribution in [2.75, 3.05) is 46.3 Å². The lowest BCUT2D eigenvalue weighted by atomic mass is 9.99. The summed E-state index contributed by atoms with van der Waals surface area (Å²) in [6, 6.07) is 11.2. The first-order chi connectivity index (χ1) is 12.1. The Morgan fingerprint density at radius 1 is 1.32 bits per heavy atom. The minimum Gasteiger partial charge on any atom is -0.354 e. The minimum atomic E-state index is -0.361. The van der Waals surface area contributed by atoms with E-state index in [4.69, 9.17) is 0 Å². The summed E-state index contributed by atoms with van der Waals surface area (Å²) in [6.07, 6.45) is 3.02. The molecular weight excluding hydrogens is 312 g/mol. The molecule has 3 rings (SSSR count). The third kappa shape index (κ3) is 4.60. The van der Waals surface area contributed by atoms with Crippen LogP contribution in [0.2, 0.25) is 0 Å². The van der Waals surface area contributed by atoms with E-state index < -0.39 is 0 Å². The Balaban J connectivity index is 1.48. The maximum absolute atomic E-state index is 12.4. The fourth-order valence-electron chi connectivity index (χ4n) is 3.98. The number of nitrogens with one attached hydrogen (secondary N) is 2. The van der Waals surface area contributed by atoms with Crippen LogP contribution in [0.4, 0.5) is 0 Å². The molecule has 1 aromatic rings. The van der Waals surface area contributed by atoms with Crippen LogP contribution < -0.4 is 10.6 Å². The molecule has 0 aliphatic carbocycles. The predicted octanol–water partition coefficient (Wildman–Crippen LogP) is 1.62. The SMILES string of the molecule is CN1CCN(CCCNC(=O)[C@]2(C)CCCN2)[C@H](c2ccccc2)C1. The van der Waals surface area contributed by atoms with Crippen LogP contribution in [0.15, 0.2) is 30.3 Å². The van der Waals surface area contributed by atoms with Gasteiger partial charge >= 0.3 is 0 Å². The summed E-state index contributed by atoms with van der Waals surface area (Å²) in [4.78, 5) is 17.3. The van der Waals surface area contributed by atoms with Gasteiger partial charge in [0.25, 0.3) is 0 Å². The molecular formula is C20H32N4O. The molecule has 0 aromatic heterocycles. The number of amides is 1. The summed E-state index contributed by atoms with van der Waals surface area (Å²) in [7, 11) is 2.20. The van der Waals surface area contributed by atoms with E-state index in [1.54, 1.807) is 0 Å². The Kier molecular flexibility index (Phi) is 6.10. The van der Waals surface area contributed by atoms with Crippen LogP contribution in [0, 0.1) is 0 Å². The first kappa shape index (κ1) is 18.4. The number of hydrogen-bond acceptors (Lipinski definition) is 4. The first-order valence-electron chi connectivity index (χ1n) is 9.59. The molecule has 0 spiro atoms. The lowest BCUT2D eigenvalue weighted by molar-refractivity contribution is -0.126. The summed E-state index contributed by atoms with van der Waals surface area (Å²) in [5.41, 5.74) is 1.03. The number of carbonyl (C=O) groups is 1. The van der Waals surface area contributed by atoms with Gasteiger partial charge in [-0.15, -0.1) is 0 Å². The maximum Gasteiger partial charge on any atom is 0.240 e. The molecule has 0 radical (unpaired) electrons. The molecule has 1 aromatic carbocycles. The highest BCUT2D eigenvalue weighted by atomic mass is 16.2. The smallest absolute Gasteiger partial charge is 0.240 e. The molecule has 2 heterocycles. The lowest BCUT2D eigenvalue weighted by Crippen LogP contribution is -2.51. The molecule has 2 aliphatic rings. The van der Waals surface area contributed by atoms with E-state index in [2.05, 4.69) is 57.8 Å². The van der Waals surface area contributed by atoms with E-state index in [9.17, 15) is 4.79 Å². The zero-order valence-corrected chi connectivity index (χ0v) is 15.6. The minimum absolute atomic E-state index is 0.156. The van der Waals surface area contributed by atoms with Gasteiger partial charge in [-0.2, -0.15) is 0 Å². The van der Waals surface area contributed by atoms with Gasteiger partial charge in [0.2, 0.25) is 5.91 Å². The quantitative estimate of drug-likeness (QED) is 0.770. The number of hydrogen-bond donors (Lipinski definition) is 2. The molecule has 0 bridgehead atoms. The molecule has 138 valence electrons. The summed E-state index contributed by atoms with van der Waals surface area (Å²) in [5.74, 6) is 0.156. The van der Waals surface area contributed by atoms with Gasteiger partial charge in [0.15, 0.2) is 0 Å². The zero-order chi connectivity index (χ0) is 17.7. The van der Waals surface area contributed by atoms with E-state index in [1.165, 1.54) is 5.56 Å². The van der Waals surface area contributed by atoms with Crippen molar-refractivity contribution < 1.29 is 4.79 Å². The predicted molar refractivity (Wildman–Crippen MR) is 102 cm³/mol. The molecule has 5 heteroatoms. The summed E-state index contributed by atoms with van der Waals surface area (Å²) in [6.45, 7) is 8.01. The van der Waals surface area contributed by atoms with Gasteiger partial charge in [-0.05, 0) is 45.3 Å². The Hall–Kier alpha value is -1.43. The summed E-state index contributed by atoms with van der Waals surface area (Å²) >= 11 is 0. The van der Waals surface area contributed by atoms with Crippen LogP contribution in [-0.4, -0.2) is 67.6 Å². The van der Waals surface area contributed by atoms with Crippen molar-refractivity contribution in [1.82, 2.24) is 20.4 Å². The molecule has 0 unspecified atom stereocenters. The molecule has 1 amide bonds. The van der Waals surface area contributed by atoms with E-state index >= 15 is 0 Å². The average Bonchev–Trinajstić information content (AvgIpc) is 3.08. The van der Waals surface area contributed by atoms with Crippen molar-refractivity contribution >= 4 is 5.91 Å². The molecule has 2 aliphatic heterocycles. The normalized spacial score (nSPS) is 28.2. The summed E-state index contributed by atoms with van der Waals surface area (Å²) < 4.78 is 0. The highest BCUT2D eigenvalue weighted by Crippen LogP contribution is 2.24. The second-order valence-corrected chi connectivity index (χ2v) is 7.70. The van der Waals surface area contributed by atoms with Crippen molar-refractivity contribution in [3.05, 3.63) is 35.9 Å². The fourth-order valence-corrected chi connectivity index (χ4v) is 3.98. The van der Waals surface area contributed by atoms with E-state index in [1.807, 2.05) is 6.92 Å². The molecule has 5 nitrogen and oxygen atoms in total. The lowest BCUT2D eigenvalue weighted by Gasteiger charge is -2.40. The van der Waals surface area contributed by atoms with Crippen molar-refractivity contribution in [3.63, 3.8) is 0 Å². The monoisotopic (exact) mass is 344 g/mol. The highest BCUT2D eigenvalue weighted by Gasteiger charge is 2.35. The average molecular weight is 345 g/mol. The topological polar surface area (TPSA) is 47.6 Å². The van der Waals surface area contributed by atoms with E-state index in [0.29, 0.717) is 6.04 Å². The van der Waals surface area contributed by atoms with Gasteiger partial charge in [-0.1, -0.05) is 30.3 Å². The van der Waals surface area contributed by atoms with Crippen LogP contribution >= 0.6 is 0 Å². The van der Waals surface area contributed by atoms with Crippen molar-refractivity contribution in [3.8, 4) is 0 Å². The van der Waals surface area contributed by atoms with Gasteiger partial charge in [0.05, 0.1) is 5.54 Å². The fraction of sp³-hybridized carbons (Fsp3) is 0.650. The molecule has 0 saturated carbocycles. The van der Waals surface area contributed by atoms with Crippen LogP contribution in [0.1, 0.15) is 37.8 Å². The molecule has 2 atom stereocenters. The van der Waals surface area contributed by atoms with Gasteiger partial charge in [0.1, 0.15) is 0 Å². The van der Waals surface area contributed by atoms with Gasteiger partial charge in [-0.25, -0.2) is 0 Å². The molecule has 2 N–H and O–H groups in total. The van der Waals surface area contributed by atoms with Crippen LogP contribution in [0.25, 0.3) is 0 Å². The Morgan fingerprint density at radius 2 is 2.12 bits per heavy atom. The molecule has 2 saturated heterocycles. The zero-order valence-electron chi connectivity index (χ0n) is 15.6. The third-order valence-electron chi connectivity index (χ3n) is 5.66. The number of likely N-dealkylation sites (N-methyl/N-ethyl adjacent to an activating group) is 1. The number of rotatable bonds is 6. The molecule has 25 heavy (non-hydrogen) atoms. The number of piperazine rings is 1. The third-order valence-corrected chi connectivity index (χ3v) is 5.66. The van der Waals surface area contributed by atoms with Crippen molar-refractivity contribution in [2.24, 2.45) is 0 Å². The van der Waals surface area contributed by atoms with Crippen LogP contribution in [-0.2, 0) is 4.79 Å². The van der Waals surface area contributed by atoms with E-state index in [-0.39, 0.29) is 11.4 Å². The number of carbonyl (C=O) groups excluding carboxylic acids is 1. The van der Waals surface area contributed by atoms with Crippen molar-refractivity contribution in [1.29, 1.82) is 0 Å². The Bertz CT molecular complexity index is 556. The standard InChI is InChI=1S/C20H32N4O/c1-20(10-6-12-22-20)19(25)21-11-7-13-24-15-14-23(2)16-18(24)17-8-4-3-5-9-17/h3-5,8-9,18,22H,6-7,10-16H2,1-2H3,(H,21,25)/t18-,20-/m0/s1. The number of benzene rings is 1. The van der Waals surface area contributed by atoms with E-state index in [0.717, 1.165) is 58.5 Å². The second-order valence-electron chi connectivity index (χ2n) is 7.70. The van der Waals surface area contributed by atoms with Gasteiger partial charge < -0.3 is 15.5 Å². The Labute approximate surface area is 151 Å². The highest BCUT2D eigenvalue weighted by molar-refractivity contribution is 5.86. The first-order valence-corrected chi connectivity index (χ1v) is 9.59. The Morgan fingerprint density at radius 3 is 2.84 bits per heavy atom. The van der Waals surface area contributed by atoms with Crippen molar-refractivity contribution in [2.45, 2.75) is 37.8 Å². The maximum atomic E-state index is 12.4. The van der Waals surface area contributed by atoms with Crippen LogP contribution in [0.3, 0.4) is 0 Å². The number of nitrogens with zero attached hydrogens (tertiary/aromatic N) is 2. The van der Waals surface area contributed by atoms with Gasteiger partial charge in [0, 0.05) is 38.8 Å². The second kappa shape index (κ2) is 8.30. The molecule has 2 fully saturated rings. The van der Waals surface area contributed by atoms with Crippen LogP contribution in [0.5, 0.6) is 0 Å². The largest absolute Gasteiger partial charge is 0.354 e. The summed E-state index contributed by atoms with van der Waals surface area (Å²) in [5, 5.41) is 6.46. The van der Waals surface area contributed by atoms with Gasteiger partial charge in [-0.3, -0.25) is 9.69 Å².